The summed E-state index contributed by atoms with van der Waals surface area (Å²) in [7, 11) is 0. The van der Waals surface area contributed by atoms with Crippen molar-refractivity contribution < 1.29 is 23.5 Å². The molecule has 0 spiro atoms. The van der Waals surface area contributed by atoms with Crippen LogP contribution in [0.15, 0.2) is 18.2 Å². The van der Waals surface area contributed by atoms with E-state index in [1.165, 1.54) is 0 Å². The number of carbonyl (C=O) groups excluding carboxylic acids is 1. The highest BCUT2D eigenvalue weighted by Gasteiger charge is 2.36. The minimum Gasteiger partial charge on any atom is -0.480 e. The number of hydrogen-bond acceptors (Lipinski definition) is 2. The van der Waals surface area contributed by atoms with Crippen molar-refractivity contribution in [1.29, 1.82) is 0 Å². The fourth-order valence-corrected chi connectivity index (χ4v) is 2.11. The number of likely N-dealkylation sites (tertiary alicyclic amines) is 1. The van der Waals surface area contributed by atoms with Gasteiger partial charge in [-0.2, -0.15) is 0 Å². The van der Waals surface area contributed by atoms with Crippen molar-refractivity contribution in [2.45, 2.75) is 18.9 Å². The van der Waals surface area contributed by atoms with Crippen LogP contribution < -0.4 is 0 Å². The Balaban J connectivity index is 2.34. The maximum atomic E-state index is 13.4. The van der Waals surface area contributed by atoms with Crippen LogP contribution in [-0.2, 0) is 4.79 Å². The third-order valence-electron chi connectivity index (χ3n) is 2.98. The van der Waals surface area contributed by atoms with Gasteiger partial charge in [-0.05, 0) is 25.0 Å². The van der Waals surface area contributed by atoms with Gasteiger partial charge in [0.15, 0.2) is 0 Å². The van der Waals surface area contributed by atoms with E-state index in [2.05, 4.69) is 0 Å². The number of carboxylic acids is 1. The van der Waals surface area contributed by atoms with Crippen LogP contribution in [0.25, 0.3) is 0 Å². The molecule has 4 nitrogen and oxygen atoms in total. The molecular weight excluding hydrogens is 244 g/mol. The van der Waals surface area contributed by atoms with Gasteiger partial charge >= 0.3 is 5.97 Å². The van der Waals surface area contributed by atoms with Crippen molar-refractivity contribution in [3.63, 3.8) is 0 Å². The fraction of sp³-hybridized carbons (Fsp3) is 0.333. The van der Waals surface area contributed by atoms with E-state index in [0.717, 1.165) is 23.1 Å². The van der Waals surface area contributed by atoms with E-state index < -0.39 is 35.1 Å². The molecule has 1 aliphatic rings. The first kappa shape index (κ1) is 12.5. The highest BCUT2D eigenvalue weighted by Crippen LogP contribution is 2.22. The van der Waals surface area contributed by atoms with E-state index >= 15 is 0 Å². The Bertz CT molecular complexity index is 484. The lowest BCUT2D eigenvalue weighted by atomic mass is 10.1. The van der Waals surface area contributed by atoms with Gasteiger partial charge in [-0.25, -0.2) is 13.6 Å². The van der Waals surface area contributed by atoms with E-state index in [-0.39, 0.29) is 6.54 Å². The molecule has 1 amide bonds. The second-order valence-corrected chi connectivity index (χ2v) is 4.09. The molecule has 0 bridgehead atoms. The molecule has 18 heavy (non-hydrogen) atoms. The summed E-state index contributed by atoms with van der Waals surface area (Å²) in [6.45, 7) is 0.198. The van der Waals surface area contributed by atoms with Crippen molar-refractivity contribution in [2.75, 3.05) is 6.54 Å². The standard InChI is InChI=1S/C12H11F2NO3/c13-7-3-1-4-8(14)10(7)11(16)15-6-2-5-9(15)12(17)18/h1,3-4,9H,2,5-6H2,(H,17,18)/t9-/m1/s1. The van der Waals surface area contributed by atoms with Crippen LogP contribution in [0.2, 0.25) is 0 Å². The number of hydrogen-bond donors (Lipinski definition) is 1. The molecule has 0 aromatic heterocycles. The number of halogens is 2. The fourth-order valence-electron chi connectivity index (χ4n) is 2.11. The minimum atomic E-state index is -1.16. The number of carbonyl (C=O) groups is 2. The molecule has 1 aliphatic heterocycles. The van der Waals surface area contributed by atoms with Gasteiger partial charge < -0.3 is 10.0 Å². The molecule has 6 heteroatoms. The van der Waals surface area contributed by atoms with Crippen molar-refractivity contribution in [2.24, 2.45) is 0 Å². The summed E-state index contributed by atoms with van der Waals surface area (Å²) in [5.74, 6) is -4.01. The lowest BCUT2D eigenvalue weighted by molar-refractivity contribution is -0.141. The monoisotopic (exact) mass is 255 g/mol. The highest BCUT2D eigenvalue weighted by molar-refractivity contribution is 5.97. The van der Waals surface area contributed by atoms with E-state index in [4.69, 9.17) is 5.11 Å². The average Bonchev–Trinajstić information content (AvgIpc) is 2.77. The quantitative estimate of drug-likeness (QED) is 0.874. The van der Waals surface area contributed by atoms with Crippen LogP contribution >= 0.6 is 0 Å². The second-order valence-electron chi connectivity index (χ2n) is 4.09. The first-order valence-corrected chi connectivity index (χ1v) is 5.50. The van der Waals surface area contributed by atoms with Gasteiger partial charge in [0.2, 0.25) is 0 Å². The summed E-state index contributed by atoms with van der Waals surface area (Å²) in [6.07, 6.45) is 0.815. The second kappa shape index (κ2) is 4.72. The number of rotatable bonds is 2. The number of amides is 1. The molecule has 0 unspecified atom stereocenters. The smallest absolute Gasteiger partial charge is 0.326 e. The van der Waals surface area contributed by atoms with Crippen LogP contribution in [0.3, 0.4) is 0 Å². The molecule has 0 aliphatic carbocycles. The molecule has 1 aromatic rings. The number of benzene rings is 1. The normalized spacial score (nSPS) is 19.0. The third kappa shape index (κ3) is 2.05. The largest absolute Gasteiger partial charge is 0.480 e. The van der Waals surface area contributed by atoms with Crippen molar-refractivity contribution in [3.8, 4) is 0 Å². The number of aliphatic carboxylic acids is 1. The summed E-state index contributed by atoms with van der Waals surface area (Å²) in [4.78, 5) is 23.9. The summed E-state index contributed by atoms with van der Waals surface area (Å²) in [5.41, 5.74) is -0.689. The summed E-state index contributed by atoms with van der Waals surface area (Å²) in [6, 6.07) is 2.10. The van der Waals surface area contributed by atoms with Crippen LogP contribution in [0.4, 0.5) is 8.78 Å². The number of carboxylic acid groups (broad SMARTS) is 1. The topological polar surface area (TPSA) is 57.6 Å². The Morgan fingerprint density at radius 3 is 2.44 bits per heavy atom. The van der Waals surface area contributed by atoms with Crippen LogP contribution in [0, 0.1) is 11.6 Å². The molecule has 0 saturated carbocycles. The Hall–Kier alpha value is -1.98. The summed E-state index contributed by atoms with van der Waals surface area (Å²) < 4.78 is 26.9. The van der Waals surface area contributed by atoms with Gasteiger partial charge in [-0.3, -0.25) is 4.79 Å². The molecule has 1 saturated heterocycles. The number of nitrogens with zero attached hydrogens (tertiary/aromatic N) is 1. The molecule has 0 radical (unpaired) electrons. The maximum absolute atomic E-state index is 13.4. The molecule has 2 rings (SSSR count). The average molecular weight is 255 g/mol. The van der Waals surface area contributed by atoms with Gasteiger partial charge in [0.05, 0.1) is 0 Å². The Labute approximate surface area is 102 Å². The first-order valence-electron chi connectivity index (χ1n) is 5.50. The van der Waals surface area contributed by atoms with Gasteiger partial charge in [-0.1, -0.05) is 6.07 Å². The molecule has 96 valence electrons. The minimum absolute atomic E-state index is 0.198. The van der Waals surface area contributed by atoms with Crippen molar-refractivity contribution >= 4 is 11.9 Å². The van der Waals surface area contributed by atoms with E-state index in [9.17, 15) is 18.4 Å². The Morgan fingerprint density at radius 1 is 1.28 bits per heavy atom. The molecule has 1 fully saturated rings. The van der Waals surface area contributed by atoms with E-state index in [1.54, 1.807) is 0 Å². The van der Waals surface area contributed by atoms with Gasteiger partial charge in [-0.15, -0.1) is 0 Å². The summed E-state index contributed by atoms with van der Waals surface area (Å²) in [5, 5.41) is 8.94. The predicted octanol–water partition coefficient (Wildman–Crippen LogP) is 1.65. The zero-order valence-corrected chi connectivity index (χ0v) is 9.40. The predicted molar refractivity (Wildman–Crippen MR) is 58.1 cm³/mol. The van der Waals surface area contributed by atoms with Crippen molar-refractivity contribution in [3.05, 3.63) is 35.4 Å². The lowest BCUT2D eigenvalue weighted by Crippen LogP contribution is -2.41. The zero-order valence-electron chi connectivity index (χ0n) is 9.40. The maximum Gasteiger partial charge on any atom is 0.326 e. The highest BCUT2D eigenvalue weighted by atomic mass is 19.1. The molecule has 1 N–H and O–H groups in total. The van der Waals surface area contributed by atoms with E-state index in [1.807, 2.05) is 0 Å². The first-order chi connectivity index (χ1) is 8.52. The van der Waals surface area contributed by atoms with Crippen LogP contribution in [-0.4, -0.2) is 34.5 Å². The SMILES string of the molecule is O=C(O)[C@H]1CCCN1C(=O)c1c(F)cccc1F. The molecule has 1 aromatic carbocycles. The van der Waals surface area contributed by atoms with Gasteiger partial charge in [0.25, 0.3) is 5.91 Å². The lowest BCUT2D eigenvalue weighted by Gasteiger charge is -2.21. The van der Waals surface area contributed by atoms with Crippen molar-refractivity contribution in [1.82, 2.24) is 4.90 Å². The third-order valence-corrected chi connectivity index (χ3v) is 2.98. The zero-order chi connectivity index (χ0) is 13.3. The summed E-state index contributed by atoms with van der Waals surface area (Å²) >= 11 is 0. The Kier molecular flexibility index (Phi) is 3.27. The molecular formula is C12H11F2NO3. The van der Waals surface area contributed by atoms with Gasteiger partial charge in [0, 0.05) is 6.54 Å². The molecule has 1 heterocycles. The van der Waals surface area contributed by atoms with Crippen LogP contribution in [0.1, 0.15) is 23.2 Å². The molecule has 1 atom stereocenters. The Morgan fingerprint density at radius 2 is 1.89 bits per heavy atom. The van der Waals surface area contributed by atoms with Crippen LogP contribution in [0.5, 0.6) is 0 Å². The van der Waals surface area contributed by atoms with Gasteiger partial charge in [0.1, 0.15) is 23.2 Å². The van der Waals surface area contributed by atoms with E-state index in [0.29, 0.717) is 12.8 Å².